The fourth-order valence-electron chi connectivity index (χ4n) is 4.07. The van der Waals surface area contributed by atoms with Crippen molar-refractivity contribution in [1.82, 2.24) is 0 Å². The number of unbranched alkanes of at least 4 members (excludes halogenated alkanes) is 10. The van der Waals surface area contributed by atoms with Crippen molar-refractivity contribution in [2.75, 3.05) is 23.0 Å². The van der Waals surface area contributed by atoms with Crippen molar-refractivity contribution >= 4 is 56.0 Å². The molecule has 0 saturated carbocycles. The molecule has 236 valence electrons. The maximum Gasteiger partial charge on any atom is 2.00 e. The van der Waals surface area contributed by atoms with Crippen LogP contribution in [0.15, 0.2) is 0 Å². The van der Waals surface area contributed by atoms with Crippen LogP contribution in [0.25, 0.3) is 0 Å². The first-order valence-corrected chi connectivity index (χ1v) is 24.8. The van der Waals surface area contributed by atoms with Gasteiger partial charge in [-0.2, -0.15) is 0 Å². The quantitative estimate of drug-likeness (QED) is 0.0523. The smallest absolute Gasteiger partial charge is 0.854 e. The monoisotopic (exact) mass is 842 g/mol. The van der Waals surface area contributed by atoms with Crippen LogP contribution < -0.4 is 19.6 Å². The third-order valence-electron chi connectivity index (χ3n) is 6.42. The van der Waals surface area contributed by atoms with Crippen molar-refractivity contribution in [3.8, 4) is 0 Å². The summed E-state index contributed by atoms with van der Waals surface area (Å²) in [7, 11) is -1.10. The molecular weight excluding hydrogens is 787 g/mol. The fourth-order valence-corrected chi connectivity index (χ4v) is 14.4. The second-order valence-corrected chi connectivity index (χ2v) is 26.8. The molecule has 0 aromatic rings. The van der Waals surface area contributed by atoms with Gasteiger partial charge in [-0.15, -0.1) is 0 Å². The average Bonchev–Trinajstić information content (AvgIpc) is 2.79. The summed E-state index contributed by atoms with van der Waals surface area (Å²) in [6, 6.07) is 0. The molecule has 0 saturated heterocycles. The standard InChI is InChI=1S/2C14H30O2PS2.3Zn/c2*1-4-5-6-7-8-9-12-19(17(15,16)18)13-10-11-14(2)3;;;/h2*14H,4-13H2,1-3H3;;;/q2*-3;3*+2. The Labute approximate surface area is 310 Å². The van der Waals surface area contributed by atoms with E-state index in [1.807, 2.05) is 0 Å². The summed E-state index contributed by atoms with van der Waals surface area (Å²) in [6.45, 7) is 13.1. The first-order chi connectivity index (χ1) is 17.8. The Kier molecular flexibility index (Phi) is 46.8. The van der Waals surface area contributed by atoms with E-state index in [0.29, 0.717) is 11.8 Å². The minimum atomic E-state index is -3.54. The molecule has 0 rings (SSSR count). The van der Waals surface area contributed by atoms with Crippen molar-refractivity contribution in [1.29, 1.82) is 0 Å². The molecule has 0 aromatic heterocycles. The average molecular weight is 847 g/mol. The van der Waals surface area contributed by atoms with Crippen LogP contribution >= 0.6 is 11.4 Å². The van der Waals surface area contributed by atoms with E-state index in [0.717, 1.165) is 74.4 Å². The Morgan fingerprint density at radius 2 is 0.707 bits per heavy atom. The van der Waals surface area contributed by atoms with Gasteiger partial charge >= 0.3 is 58.4 Å². The summed E-state index contributed by atoms with van der Waals surface area (Å²) < 4.78 is 0. The predicted molar refractivity (Wildman–Crippen MR) is 178 cm³/mol. The summed E-state index contributed by atoms with van der Waals surface area (Å²) in [5, 5.41) is 0. The van der Waals surface area contributed by atoms with E-state index in [2.05, 4.69) is 41.5 Å². The van der Waals surface area contributed by atoms with Gasteiger partial charge in [-0.25, -0.2) is 20.1 Å². The number of rotatable bonds is 22. The van der Waals surface area contributed by atoms with Gasteiger partial charge in [0.05, 0.1) is 0 Å². The predicted octanol–water partition coefficient (Wildman–Crippen LogP) is 6.69. The molecule has 0 bridgehead atoms. The summed E-state index contributed by atoms with van der Waals surface area (Å²) >= 11 is 9.43. The van der Waals surface area contributed by atoms with Crippen molar-refractivity contribution in [2.45, 2.75) is 144 Å². The Balaban J connectivity index is -0.000000196. The molecular formula is C28H60O4P2S4Zn3. The van der Waals surface area contributed by atoms with E-state index in [9.17, 15) is 19.6 Å². The molecule has 0 aliphatic carbocycles. The molecule has 0 N–H and O–H groups in total. The molecule has 0 amide bonds. The van der Waals surface area contributed by atoms with E-state index >= 15 is 0 Å². The number of hydrogen-bond acceptors (Lipinski definition) is 6. The van der Waals surface area contributed by atoms with Crippen LogP contribution in [-0.4, -0.2) is 23.0 Å². The minimum absolute atomic E-state index is 0. The van der Waals surface area contributed by atoms with Crippen LogP contribution in [0.1, 0.15) is 144 Å². The zero-order chi connectivity index (χ0) is 29.5. The van der Waals surface area contributed by atoms with Gasteiger partial charge in [0.15, 0.2) is 0 Å². The summed E-state index contributed by atoms with van der Waals surface area (Å²) in [6.07, 6.45) is 18.7. The summed E-state index contributed by atoms with van der Waals surface area (Å²) in [5.74, 6) is 4.48. The topological polar surface area (TPSA) is 92.2 Å². The van der Waals surface area contributed by atoms with E-state index < -0.39 is 31.5 Å². The van der Waals surface area contributed by atoms with E-state index in [-0.39, 0.29) is 58.4 Å². The molecule has 2 unspecified atom stereocenters. The van der Waals surface area contributed by atoms with Crippen LogP contribution in [0.3, 0.4) is 0 Å². The van der Waals surface area contributed by atoms with Crippen LogP contribution in [0.5, 0.6) is 0 Å². The molecule has 41 heavy (non-hydrogen) atoms. The van der Waals surface area contributed by atoms with Crippen LogP contribution in [0.4, 0.5) is 0 Å². The van der Waals surface area contributed by atoms with Crippen molar-refractivity contribution in [2.24, 2.45) is 11.8 Å². The van der Waals surface area contributed by atoms with E-state index in [1.165, 1.54) is 51.4 Å². The fraction of sp³-hybridized carbons (Fsp3) is 1.00. The van der Waals surface area contributed by atoms with Gasteiger partial charge in [0.1, 0.15) is 0 Å². The normalized spacial score (nSPS) is 13.0. The molecule has 0 aliphatic heterocycles. The Bertz CT molecular complexity index is 604. The zero-order valence-electron chi connectivity index (χ0n) is 27.6. The maximum atomic E-state index is 11.6. The van der Waals surface area contributed by atoms with Gasteiger partial charge in [0.2, 0.25) is 0 Å². The summed E-state index contributed by atoms with van der Waals surface area (Å²) in [4.78, 5) is 46.5. The second-order valence-electron chi connectivity index (χ2n) is 11.2. The van der Waals surface area contributed by atoms with Gasteiger partial charge in [-0.3, -0.25) is 0 Å². The third kappa shape index (κ3) is 40.1. The van der Waals surface area contributed by atoms with Crippen LogP contribution in [0, 0.1) is 11.8 Å². The largest absolute Gasteiger partial charge is 2.00 e. The van der Waals surface area contributed by atoms with Crippen LogP contribution in [0.2, 0.25) is 0 Å². The van der Waals surface area contributed by atoms with Crippen molar-refractivity contribution in [3.63, 3.8) is 0 Å². The molecule has 0 aliphatic rings. The SMILES string of the molecule is CCCCCCCCS(CCCC(C)C)=P([O-])([O-])[S-].CCCCCCCCS(CCCC(C)C)=P([O-])([O-])[S-].[Zn+2].[Zn+2].[Zn+2]. The second kappa shape index (κ2) is 35.3. The molecule has 0 spiro atoms. The first kappa shape index (κ1) is 54.4. The Morgan fingerprint density at radius 1 is 0.463 bits per heavy atom. The van der Waals surface area contributed by atoms with E-state index in [4.69, 9.17) is 24.5 Å². The van der Waals surface area contributed by atoms with Crippen LogP contribution in [-0.2, 0) is 103 Å². The van der Waals surface area contributed by atoms with Crippen molar-refractivity contribution in [3.05, 3.63) is 0 Å². The minimum Gasteiger partial charge on any atom is -0.854 e. The van der Waals surface area contributed by atoms with Gasteiger partial charge < -0.3 is 55.5 Å². The molecule has 13 heteroatoms. The van der Waals surface area contributed by atoms with Gasteiger partial charge in [-0.05, 0) is 60.5 Å². The molecule has 0 heterocycles. The number of hydrogen-bond donors (Lipinski definition) is 0. The van der Waals surface area contributed by atoms with Gasteiger partial charge in [0, 0.05) is 0 Å². The molecule has 0 fully saturated rings. The third-order valence-corrected chi connectivity index (χ3v) is 20.5. The summed E-state index contributed by atoms with van der Waals surface area (Å²) in [5.41, 5.74) is -7.07. The zero-order valence-corrected chi connectivity index (χ0v) is 41.5. The molecule has 4 nitrogen and oxygen atoms in total. The maximum absolute atomic E-state index is 11.6. The molecule has 2 atom stereocenters. The first-order valence-electron chi connectivity index (χ1n) is 15.2. The molecule has 0 aromatic carbocycles. The van der Waals surface area contributed by atoms with E-state index in [1.54, 1.807) is 0 Å². The Hall–Kier alpha value is 3.97. The van der Waals surface area contributed by atoms with Gasteiger partial charge in [0.25, 0.3) is 0 Å². The molecule has 0 radical (unpaired) electrons. The Morgan fingerprint density at radius 3 is 0.951 bits per heavy atom. The van der Waals surface area contributed by atoms with Crippen molar-refractivity contribution < 1.29 is 78.0 Å². The van der Waals surface area contributed by atoms with Gasteiger partial charge in [-0.1, -0.05) is 119 Å².